The standard InChI is InChI=1S/C30H31FN8O2/c1-18-34-12-19(13-35-18)14-40-24-7-21(31)8-25(9-24)41-23-5-3-20(4-6-23)27(32)26-28(33)36-17-37-29(26)38-22-10-30(11-22)15-39(2)16-30/h3-9,12-13,17,22,32H,10-11,14-16H2,1-2H3,(H3,33,36,37,38). The fourth-order valence-corrected chi connectivity index (χ4v) is 5.70. The first-order valence-electron chi connectivity index (χ1n) is 13.4. The third-order valence-corrected chi connectivity index (χ3v) is 7.50. The Balaban J connectivity index is 1.12. The van der Waals surface area contributed by atoms with Crippen molar-refractivity contribution in [3.63, 3.8) is 0 Å². The van der Waals surface area contributed by atoms with Crippen molar-refractivity contribution >= 4 is 17.3 Å². The number of nitrogen functional groups attached to an aromatic ring is 1. The number of halogens is 1. The largest absolute Gasteiger partial charge is 0.489 e. The number of nitrogens with one attached hydrogen (secondary N) is 2. The second-order valence-electron chi connectivity index (χ2n) is 11.0. The molecule has 4 N–H and O–H groups in total. The van der Waals surface area contributed by atoms with Crippen LogP contribution in [-0.2, 0) is 6.61 Å². The summed E-state index contributed by atoms with van der Waals surface area (Å²) >= 11 is 0. The molecule has 0 unspecified atom stereocenters. The molecule has 0 bridgehead atoms. The van der Waals surface area contributed by atoms with Gasteiger partial charge in [-0.05, 0) is 56.5 Å². The number of aryl methyl sites for hydroxylation is 1. The Morgan fingerprint density at radius 3 is 2.46 bits per heavy atom. The van der Waals surface area contributed by atoms with E-state index in [-0.39, 0.29) is 23.9 Å². The van der Waals surface area contributed by atoms with Gasteiger partial charge in [0.25, 0.3) is 0 Å². The Bertz CT molecular complexity index is 1560. The summed E-state index contributed by atoms with van der Waals surface area (Å²) in [6, 6.07) is 11.4. The summed E-state index contributed by atoms with van der Waals surface area (Å²) in [5.74, 6) is 2.07. The first kappa shape index (κ1) is 26.6. The van der Waals surface area contributed by atoms with Crippen molar-refractivity contribution in [3.8, 4) is 17.2 Å². The number of ether oxygens (including phenoxy) is 2. The highest BCUT2D eigenvalue weighted by Gasteiger charge is 2.51. The van der Waals surface area contributed by atoms with E-state index in [1.54, 1.807) is 49.6 Å². The molecule has 10 nitrogen and oxygen atoms in total. The van der Waals surface area contributed by atoms with Gasteiger partial charge in [0.1, 0.15) is 53.5 Å². The minimum absolute atomic E-state index is 0.197. The molecule has 0 atom stereocenters. The minimum atomic E-state index is -0.489. The van der Waals surface area contributed by atoms with Gasteiger partial charge in [-0.3, -0.25) is 5.41 Å². The van der Waals surface area contributed by atoms with Gasteiger partial charge in [-0.1, -0.05) is 0 Å². The molecule has 210 valence electrons. The second kappa shape index (κ2) is 10.7. The number of hydrogen-bond donors (Lipinski definition) is 3. The first-order valence-corrected chi connectivity index (χ1v) is 13.4. The molecule has 11 heteroatoms. The fourth-order valence-electron chi connectivity index (χ4n) is 5.70. The van der Waals surface area contributed by atoms with E-state index in [0.29, 0.717) is 45.7 Å². The van der Waals surface area contributed by atoms with Crippen LogP contribution in [0.2, 0.25) is 0 Å². The van der Waals surface area contributed by atoms with Crippen molar-refractivity contribution in [3.05, 3.63) is 89.5 Å². The molecular formula is C30H31FN8O2. The molecule has 41 heavy (non-hydrogen) atoms. The van der Waals surface area contributed by atoms with Gasteiger partial charge < -0.3 is 25.4 Å². The van der Waals surface area contributed by atoms with Crippen LogP contribution in [0.5, 0.6) is 17.2 Å². The monoisotopic (exact) mass is 554 g/mol. The molecule has 1 aliphatic heterocycles. The van der Waals surface area contributed by atoms with E-state index in [4.69, 9.17) is 20.6 Å². The summed E-state index contributed by atoms with van der Waals surface area (Å²) in [5, 5.41) is 12.4. The third kappa shape index (κ3) is 5.80. The van der Waals surface area contributed by atoms with Crippen LogP contribution in [0.1, 0.15) is 35.4 Å². The number of hydrogen-bond acceptors (Lipinski definition) is 10. The van der Waals surface area contributed by atoms with Crippen LogP contribution >= 0.6 is 0 Å². The van der Waals surface area contributed by atoms with Crippen LogP contribution in [0.25, 0.3) is 0 Å². The molecule has 4 aromatic rings. The van der Waals surface area contributed by atoms with Gasteiger partial charge in [0.2, 0.25) is 0 Å². The molecule has 2 aromatic heterocycles. The lowest BCUT2D eigenvalue weighted by Gasteiger charge is -2.58. The number of nitrogens with two attached hydrogens (primary N) is 1. The average molecular weight is 555 g/mol. The van der Waals surface area contributed by atoms with Crippen LogP contribution in [0.15, 0.2) is 61.2 Å². The van der Waals surface area contributed by atoms with Crippen molar-refractivity contribution in [2.24, 2.45) is 5.41 Å². The number of aromatic nitrogens is 4. The molecular weight excluding hydrogens is 523 g/mol. The van der Waals surface area contributed by atoms with Gasteiger partial charge in [0.15, 0.2) is 0 Å². The lowest BCUT2D eigenvalue weighted by molar-refractivity contribution is -0.0513. The summed E-state index contributed by atoms with van der Waals surface area (Å²) in [5.41, 5.74) is 8.70. The van der Waals surface area contributed by atoms with E-state index in [1.165, 1.54) is 18.5 Å². The van der Waals surface area contributed by atoms with Gasteiger partial charge in [-0.2, -0.15) is 0 Å². The summed E-state index contributed by atoms with van der Waals surface area (Å²) in [6.07, 6.45) is 6.91. The molecule has 0 amide bonds. The number of benzene rings is 2. The van der Waals surface area contributed by atoms with Crippen LogP contribution in [0.4, 0.5) is 16.0 Å². The molecule has 2 fully saturated rings. The van der Waals surface area contributed by atoms with E-state index in [1.807, 2.05) is 0 Å². The molecule has 1 spiro atoms. The summed E-state index contributed by atoms with van der Waals surface area (Å²) < 4.78 is 25.9. The second-order valence-corrected chi connectivity index (χ2v) is 11.0. The normalized spacial score (nSPS) is 16.1. The highest BCUT2D eigenvalue weighted by atomic mass is 19.1. The molecule has 3 heterocycles. The molecule has 1 aliphatic carbocycles. The summed E-state index contributed by atoms with van der Waals surface area (Å²) in [4.78, 5) is 19.1. The van der Waals surface area contributed by atoms with Crippen molar-refractivity contribution in [1.82, 2.24) is 24.8 Å². The summed E-state index contributed by atoms with van der Waals surface area (Å²) in [7, 11) is 2.14. The van der Waals surface area contributed by atoms with Gasteiger partial charge in [-0.25, -0.2) is 24.3 Å². The van der Waals surface area contributed by atoms with Crippen LogP contribution in [0.3, 0.4) is 0 Å². The maximum Gasteiger partial charge on any atom is 0.141 e. The SMILES string of the molecule is Cc1ncc(COc2cc(F)cc(Oc3ccc(C(=N)c4c(N)ncnc4NC4CC5(C4)CN(C)C5)cc3)c2)cn1. The Morgan fingerprint density at radius 2 is 1.76 bits per heavy atom. The predicted molar refractivity (Wildman–Crippen MR) is 153 cm³/mol. The number of rotatable bonds is 9. The molecule has 1 saturated carbocycles. The van der Waals surface area contributed by atoms with E-state index < -0.39 is 5.82 Å². The average Bonchev–Trinajstić information content (AvgIpc) is 2.91. The summed E-state index contributed by atoms with van der Waals surface area (Å²) in [6.45, 7) is 4.25. The van der Waals surface area contributed by atoms with Gasteiger partial charge in [0, 0.05) is 60.9 Å². The maximum absolute atomic E-state index is 14.3. The lowest BCUT2D eigenvalue weighted by Crippen LogP contribution is -2.63. The highest BCUT2D eigenvalue weighted by molar-refractivity contribution is 6.16. The number of likely N-dealkylation sites (tertiary alicyclic amines) is 1. The van der Waals surface area contributed by atoms with Gasteiger partial charge in [0.05, 0.1) is 11.3 Å². The molecule has 0 radical (unpaired) electrons. The smallest absolute Gasteiger partial charge is 0.141 e. The Hall–Kier alpha value is -4.64. The van der Waals surface area contributed by atoms with Gasteiger partial charge in [-0.15, -0.1) is 0 Å². The topological polar surface area (TPSA) is 135 Å². The van der Waals surface area contributed by atoms with Crippen LogP contribution in [0, 0.1) is 23.6 Å². The lowest BCUT2D eigenvalue weighted by atomic mass is 9.61. The zero-order valence-corrected chi connectivity index (χ0v) is 22.9. The predicted octanol–water partition coefficient (Wildman–Crippen LogP) is 4.59. The third-order valence-electron chi connectivity index (χ3n) is 7.50. The highest BCUT2D eigenvalue weighted by Crippen LogP contribution is 2.48. The zero-order chi connectivity index (χ0) is 28.6. The minimum Gasteiger partial charge on any atom is -0.489 e. The molecule has 6 rings (SSSR count). The Kier molecular flexibility index (Phi) is 6.96. The quantitative estimate of drug-likeness (QED) is 0.254. The van der Waals surface area contributed by atoms with Crippen molar-refractivity contribution < 1.29 is 13.9 Å². The van der Waals surface area contributed by atoms with Crippen molar-refractivity contribution in [2.75, 3.05) is 31.2 Å². The maximum atomic E-state index is 14.3. The Morgan fingerprint density at radius 1 is 1.05 bits per heavy atom. The van der Waals surface area contributed by atoms with Crippen LogP contribution < -0.4 is 20.5 Å². The molecule has 1 saturated heterocycles. The van der Waals surface area contributed by atoms with Crippen molar-refractivity contribution in [2.45, 2.75) is 32.4 Å². The zero-order valence-electron chi connectivity index (χ0n) is 22.9. The van der Waals surface area contributed by atoms with Crippen LogP contribution in [-0.4, -0.2) is 56.7 Å². The first-order chi connectivity index (χ1) is 19.7. The van der Waals surface area contributed by atoms with E-state index in [2.05, 4.69) is 37.2 Å². The number of anilines is 2. The molecule has 2 aliphatic rings. The van der Waals surface area contributed by atoms with E-state index >= 15 is 0 Å². The Labute approximate surface area is 237 Å². The van der Waals surface area contributed by atoms with Gasteiger partial charge >= 0.3 is 0 Å². The fraction of sp³-hybridized carbons (Fsp3) is 0.300. The van der Waals surface area contributed by atoms with Crippen molar-refractivity contribution in [1.29, 1.82) is 5.41 Å². The molecule has 2 aromatic carbocycles. The number of nitrogens with zero attached hydrogens (tertiary/aromatic N) is 5. The van der Waals surface area contributed by atoms with E-state index in [9.17, 15) is 4.39 Å². The van der Waals surface area contributed by atoms with E-state index in [0.717, 1.165) is 31.5 Å².